The molecule has 0 bridgehead atoms. The third-order valence-corrected chi connectivity index (χ3v) is 6.03. The van der Waals surface area contributed by atoms with E-state index >= 15 is 0 Å². The number of aromatic nitrogens is 2. The topological polar surface area (TPSA) is 90.8 Å². The van der Waals surface area contributed by atoms with Crippen LogP contribution in [0.5, 0.6) is 5.75 Å². The molecule has 0 unspecified atom stereocenters. The highest BCUT2D eigenvalue weighted by molar-refractivity contribution is 5.84. The Bertz CT molecular complexity index is 1400. The van der Waals surface area contributed by atoms with Gasteiger partial charge in [0.15, 0.2) is 0 Å². The highest BCUT2D eigenvalue weighted by Gasteiger charge is 2.18. The molecule has 34 heavy (non-hydrogen) atoms. The fraction of sp³-hybridized carbons (Fsp3) is 0.179. The lowest BCUT2D eigenvalue weighted by Gasteiger charge is -2.24. The van der Waals surface area contributed by atoms with Gasteiger partial charge in [0, 0.05) is 28.5 Å². The summed E-state index contributed by atoms with van der Waals surface area (Å²) in [6.45, 7) is 1.90. The second kappa shape index (κ2) is 9.74. The SMILES string of the molecule is N#Cc1ccccc1-c1cc(-c2ccccn2)c(-c2cccc(OC3CCNCC3)c2)[nH]c1=O. The number of nitrogens with zero attached hydrogens (tertiary/aromatic N) is 2. The van der Waals surface area contributed by atoms with Gasteiger partial charge in [-0.05, 0) is 62.3 Å². The number of benzene rings is 2. The number of hydrogen-bond donors (Lipinski definition) is 2. The lowest BCUT2D eigenvalue weighted by atomic mass is 9.96. The van der Waals surface area contributed by atoms with E-state index in [4.69, 9.17) is 4.74 Å². The summed E-state index contributed by atoms with van der Waals surface area (Å²) in [5, 5.41) is 12.9. The van der Waals surface area contributed by atoms with Crippen LogP contribution >= 0.6 is 0 Å². The van der Waals surface area contributed by atoms with E-state index in [1.54, 1.807) is 24.4 Å². The number of ether oxygens (including phenoxy) is 1. The van der Waals surface area contributed by atoms with Crippen LogP contribution in [-0.4, -0.2) is 29.2 Å². The van der Waals surface area contributed by atoms with Crippen LogP contribution < -0.4 is 15.6 Å². The molecule has 4 aromatic rings. The van der Waals surface area contributed by atoms with Crippen LogP contribution in [0.15, 0.2) is 83.8 Å². The molecule has 1 fully saturated rings. The number of rotatable bonds is 5. The third-order valence-electron chi connectivity index (χ3n) is 6.03. The molecule has 0 saturated carbocycles. The average molecular weight is 449 g/mol. The molecule has 2 N–H and O–H groups in total. The summed E-state index contributed by atoms with van der Waals surface area (Å²) in [6, 6.07) is 24.6. The molecule has 1 saturated heterocycles. The first-order valence-corrected chi connectivity index (χ1v) is 11.4. The molecular weight excluding hydrogens is 424 g/mol. The predicted molar refractivity (Wildman–Crippen MR) is 132 cm³/mol. The second-order valence-corrected chi connectivity index (χ2v) is 8.27. The molecule has 2 aromatic heterocycles. The van der Waals surface area contributed by atoms with Crippen molar-refractivity contribution < 1.29 is 4.74 Å². The maximum atomic E-state index is 13.2. The first-order chi connectivity index (χ1) is 16.7. The Hall–Kier alpha value is -4.21. The Morgan fingerprint density at radius 2 is 1.74 bits per heavy atom. The average Bonchev–Trinajstić information content (AvgIpc) is 2.90. The van der Waals surface area contributed by atoms with Crippen molar-refractivity contribution in [1.29, 1.82) is 5.26 Å². The van der Waals surface area contributed by atoms with Gasteiger partial charge in [0.25, 0.3) is 5.56 Å². The van der Waals surface area contributed by atoms with Gasteiger partial charge in [-0.1, -0.05) is 36.4 Å². The van der Waals surface area contributed by atoms with Gasteiger partial charge >= 0.3 is 0 Å². The van der Waals surface area contributed by atoms with Crippen molar-refractivity contribution in [3.8, 4) is 45.5 Å². The van der Waals surface area contributed by atoms with Crippen molar-refractivity contribution in [2.75, 3.05) is 13.1 Å². The molecular formula is C28H24N4O2. The van der Waals surface area contributed by atoms with E-state index in [9.17, 15) is 10.1 Å². The Morgan fingerprint density at radius 1 is 0.912 bits per heavy atom. The van der Waals surface area contributed by atoms with Crippen LogP contribution in [-0.2, 0) is 0 Å². The standard InChI is InChI=1S/C28H24N4O2/c29-18-20-6-1-2-9-23(20)24-17-25(26-10-3-4-13-31-26)27(32-28(24)33)19-7-5-8-22(16-19)34-21-11-14-30-15-12-21/h1-10,13,16-17,21,30H,11-12,14-15H2,(H,32,33). The molecule has 5 rings (SSSR count). The Labute approximate surface area is 197 Å². The molecule has 0 atom stereocenters. The molecule has 0 amide bonds. The number of aromatic amines is 1. The minimum Gasteiger partial charge on any atom is -0.490 e. The van der Waals surface area contributed by atoms with Crippen molar-refractivity contribution in [2.45, 2.75) is 18.9 Å². The van der Waals surface area contributed by atoms with E-state index < -0.39 is 0 Å². The zero-order valence-corrected chi connectivity index (χ0v) is 18.6. The van der Waals surface area contributed by atoms with Gasteiger partial charge in [-0.3, -0.25) is 9.78 Å². The van der Waals surface area contributed by atoms with Crippen LogP contribution in [0, 0.1) is 11.3 Å². The minimum atomic E-state index is -0.262. The molecule has 2 aromatic carbocycles. The second-order valence-electron chi connectivity index (χ2n) is 8.27. The summed E-state index contributed by atoms with van der Waals surface area (Å²) in [4.78, 5) is 20.8. The molecule has 168 valence electrons. The van der Waals surface area contributed by atoms with Gasteiger partial charge in [-0.25, -0.2) is 0 Å². The van der Waals surface area contributed by atoms with Gasteiger partial charge in [-0.15, -0.1) is 0 Å². The highest BCUT2D eigenvalue weighted by atomic mass is 16.5. The number of nitriles is 1. The largest absolute Gasteiger partial charge is 0.490 e. The van der Waals surface area contributed by atoms with Crippen molar-refractivity contribution in [3.05, 3.63) is 94.9 Å². The molecule has 6 nitrogen and oxygen atoms in total. The van der Waals surface area contributed by atoms with Gasteiger partial charge in [-0.2, -0.15) is 5.26 Å². The summed E-state index contributed by atoms with van der Waals surface area (Å²) in [7, 11) is 0. The summed E-state index contributed by atoms with van der Waals surface area (Å²) < 4.78 is 6.23. The number of pyridine rings is 2. The molecule has 0 radical (unpaired) electrons. The normalized spacial score (nSPS) is 13.9. The fourth-order valence-corrected chi connectivity index (χ4v) is 4.33. The van der Waals surface area contributed by atoms with Crippen molar-refractivity contribution in [1.82, 2.24) is 15.3 Å². The minimum absolute atomic E-state index is 0.177. The van der Waals surface area contributed by atoms with Crippen molar-refractivity contribution >= 4 is 0 Å². The number of piperidine rings is 1. The van der Waals surface area contributed by atoms with Crippen LogP contribution in [0.2, 0.25) is 0 Å². The molecule has 6 heteroatoms. The van der Waals surface area contributed by atoms with Gasteiger partial charge in [0.2, 0.25) is 0 Å². The van der Waals surface area contributed by atoms with Gasteiger partial charge in [0.1, 0.15) is 11.9 Å². The monoisotopic (exact) mass is 448 g/mol. The van der Waals surface area contributed by atoms with E-state index in [1.807, 2.05) is 54.6 Å². The Balaban J connectivity index is 1.63. The number of hydrogen-bond acceptors (Lipinski definition) is 5. The van der Waals surface area contributed by atoms with Crippen LogP contribution in [0.3, 0.4) is 0 Å². The van der Waals surface area contributed by atoms with E-state index in [0.717, 1.165) is 48.5 Å². The molecule has 0 spiro atoms. The zero-order chi connectivity index (χ0) is 23.3. The van der Waals surface area contributed by atoms with Crippen LogP contribution in [0.25, 0.3) is 33.6 Å². The highest BCUT2D eigenvalue weighted by Crippen LogP contribution is 2.33. The lowest BCUT2D eigenvalue weighted by molar-refractivity contribution is 0.162. The fourth-order valence-electron chi connectivity index (χ4n) is 4.33. The van der Waals surface area contributed by atoms with Crippen molar-refractivity contribution in [2.24, 2.45) is 0 Å². The predicted octanol–water partition coefficient (Wildman–Crippen LogP) is 4.77. The zero-order valence-electron chi connectivity index (χ0n) is 18.6. The maximum Gasteiger partial charge on any atom is 0.256 e. The maximum absolute atomic E-state index is 13.2. The molecule has 3 heterocycles. The van der Waals surface area contributed by atoms with Gasteiger partial charge in [0.05, 0.1) is 23.0 Å². The van der Waals surface area contributed by atoms with Crippen LogP contribution in [0.4, 0.5) is 0 Å². The third kappa shape index (κ3) is 4.47. The summed E-state index contributed by atoms with van der Waals surface area (Å²) in [5.41, 5.74) is 4.23. The smallest absolute Gasteiger partial charge is 0.256 e. The van der Waals surface area contributed by atoms with Crippen molar-refractivity contribution in [3.63, 3.8) is 0 Å². The van der Waals surface area contributed by atoms with E-state index in [-0.39, 0.29) is 11.7 Å². The van der Waals surface area contributed by atoms with E-state index in [0.29, 0.717) is 22.4 Å². The molecule has 0 aliphatic carbocycles. The lowest BCUT2D eigenvalue weighted by Crippen LogP contribution is -2.34. The van der Waals surface area contributed by atoms with E-state index in [1.165, 1.54) is 0 Å². The Morgan fingerprint density at radius 3 is 2.53 bits per heavy atom. The summed E-state index contributed by atoms with van der Waals surface area (Å²) in [6.07, 6.45) is 3.83. The molecule has 1 aliphatic heterocycles. The number of H-pyrrole nitrogens is 1. The summed E-state index contributed by atoms with van der Waals surface area (Å²) in [5.74, 6) is 0.774. The van der Waals surface area contributed by atoms with Crippen LogP contribution in [0.1, 0.15) is 18.4 Å². The molecule has 1 aliphatic rings. The van der Waals surface area contributed by atoms with Gasteiger partial charge < -0.3 is 15.0 Å². The Kier molecular flexibility index (Phi) is 6.19. The summed E-state index contributed by atoms with van der Waals surface area (Å²) >= 11 is 0. The number of nitrogens with one attached hydrogen (secondary N) is 2. The van der Waals surface area contributed by atoms with E-state index in [2.05, 4.69) is 21.4 Å². The quantitative estimate of drug-likeness (QED) is 0.459. The first-order valence-electron chi connectivity index (χ1n) is 11.4. The first kappa shape index (κ1) is 21.6.